The molecule has 134 valence electrons. The van der Waals surface area contributed by atoms with Crippen molar-refractivity contribution in [2.24, 2.45) is 0 Å². The van der Waals surface area contributed by atoms with E-state index in [0.29, 0.717) is 22.1 Å². The minimum absolute atomic E-state index is 0.167. The molecule has 1 atom stereocenters. The quantitative estimate of drug-likeness (QED) is 0.413. The van der Waals surface area contributed by atoms with Crippen LogP contribution in [0.2, 0.25) is 0 Å². The van der Waals surface area contributed by atoms with Crippen LogP contribution in [0.5, 0.6) is 0 Å². The number of hydrogen-bond acceptors (Lipinski definition) is 10. The number of benzene rings is 1. The van der Waals surface area contributed by atoms with E-state index in [-0.39, 0.29) is 19.0 Å². The first-order valence-corrected chi connectivity index (χ1v) is 9.47. The molecule has 0 saturated heterocycles. The smallest absolute Gasteiger partial charge is 0.170 e. The standard InChI is InChI=1S/C15H15N7O2S2/c16-13-12-14(18-7-17-13)22(4-9(24)5-23)15(19-12)25-6-8-1-2-10-11(3-8)21-26-20-10/h1-3,7,9,23-24H,4-6H2,(H2,16,17,18). The Morgan fingerprint density at radius 2 is 2.08 bits per heavy atom. The molecule has 3 heterocycles. The lowest BCUT2D eigenvalue weighted by molar-refractivity contribution is 0.0801. The molecular weight excluding hydrogens is 374 g/mol. The Labute approximate surface area is 156 Å². The van der Waals surface area contributed by atoms with Crippen LogP contribution < -0.4 is 5.73 Å². The molecule has 1 aromatic carbocycles. The Kier molecular flexibility index (Phi) is 4.68. The van der Waals surface area contributed by atoms with Gasteiger partial charge in [-0.25, -0.2) is 15.0 Å². The van der Waals surface area contributed by atoms with Crippen molar-refractivity contribution in [2.45, 2.75) is 23.6 Å². The zero-order valence-electron chi connectivity index (χ0n) is 13.5. The van der Waals surface area contributed by atoms with Crippen LogP contribution in [-0.2, 0) is 12.3 Å². The summed E-state index contributed by atoms with van der Waals surface area (Å²) in [4.78, 5) is 12.7. The molecule has 4 aromatic rings. The molecular formula is C15H15N7O2S2. The molecule has 26 heavy (non-hydrogen) atoms. The molecule has 0 aliphatic rings. The van der Waals surface area contributed by atoms with Gasteiger partial charge < -0.3 is 20.5 Å². The van der Waals surface area contributed by atoms with E-state index < -0.39 is 6.10 Å². The molecule has 0 spiro atoms. The van der Waals surface area contributed by atoms with Gasteiger partial charge in [-0.15, -0.1) is 0 Å². The third-order valence-corrected chi connectivity index (χ3v) is 5.42. The first-order valence-electron chi connectivity index (χ1n) is 7.75. The summed E-state index contributed by atoms with van der Waals surface area (Å²) in [5, 5.41) is 19.7. The predicted molar refractivity (Wildman–Crippen MR) is 99.8 cm³/mol. The molecule has 4 rings (SSSR count). The van der Waals surface area contributed by atoms with Crippen LogP contribution in [0.3, 0.4) is 0 Å². The number of aromatic nitrogens is 6. The number of imidazole rings is 1. The summed E-state index contributed by atoms with van der Waals surface area (Å²) in [7, 11) is 0. The molecule has 1 unspecified atom stereocenters. The summed E-state index contributed by atoms with van der Waals surface area (Å²) in [5.41, 5.74) is 9.74. The maximum Gasteiger partial charge on any atom is 0.170 e. The lowest BCUT2D eigenvalue weighted by atomic mass is 10.2. The van der Waals surface area contributed by atoms with E-state index in [2.05, 4.69) is 23.7 Å². The van der Waals surface area contributed by atoms with Gasteiger partial charge in [0.15, 0.2) is 22.1 Å². The molecule has 3 aromatic heterocycles. The number of nitrogen functional groups attached to an aromatic ring is 1. The Morgan fingerprint density at radius 3 is 2.92 bits per heavy atom. The summed E-state index contributed by atoms with van der Waals surface area (Å²) in [6.07, 6.45) is 0.444. The normalized spacial score (nSPS) is 12.8. The highest BCUT2D eigenvalue weighted by Gasteiger charge is 2.17. The van der Waals surface area contributed by atoms with Crippen molar-refractivity contribution in [3.05, 3.63) is 30.1 Å². The summed E-state index contributed by atoms with van der Waals surface area (Å²) in [6, 6.07) is 5.94. The third-order valence-electron chi connectivity index (χ3n) is 3.82. The maximum atomic E-state index is 9.87. The molecule has 11 heteroatoms. The average Bonchev–Trinajstić information content (AvgIpc) is 3.25. The number of hydrogen-bond donors (Lipinski definition) is 3. The zero-order chi connectivity index (χ0) is 18.1. The lowest BCUT2D eigenvalue weighted by Crippen LogP contribution is -2.20. The first kappa shape index (κ1) is 17.1. The monoisotopic (exact) mass is 389 g/mol. The van der Waals surface area contributed by atoms with Crippen molar-refractivity contribution in [1.29, 1.82) is 0 Å². The van der Waals surface area contributed by atoms with Crippen LogP contribution >= 0.6 is 23.5 Å². The average molecular weight is 389 g/mol. The number of anilines is 1. The lowest BCUT2D eigenvalue weighted by Gasteiger charge is -2.11. The van der Waals surface area contributed by atoms with Crippen LogP contribution in [-0.4, -0.2) is 51.2 Å². The van der Waals surface area contributed by atoms with Crippen molar-refractivity contribution in [3.63, 3.8) is 0 Å². The topological polar surface area (TPSA) is 136 Å². The van der Waals surface area contributed by atoms with Crippen molar-refractivity contribution < 1.29 is 10.2 Å². The summed E-state index contributed by atoms with van der Waals surface area (Å²) >= 11 is 2.68. The van der Waals surface area contributed by atoms with E-state index in [4.69, 9.17) is 5.73 Å². The number of nitrogens with zero attached hydrogens (tertiary/aromatic N) is 6. The van der Waals surface area contributed by atoms with Gasteiger partial charge in [-0.05, 0) is 17.7 Å². The number of rotatable bonds is 6. The molecule has 0 aliphatic heterocycles. The molecule has 9 nitrogen and oxygen atoms in total. The van der Waals surface area contributed by atoms with Gasteiger partial charge in [0.2, 0.25) is 0 Å². The maximum absolute atomic E-state index is 9.87. The van der Waals surface area contributed by atoms with E-state index in [9.17, 15) is 10.2 Å². The number of fused-ring (bicyclic) bond motifs is 2. The Morgan fingerprint density at radius 1 is 1.23 bits per heavy atom. The number of aliphatic hydroxyl groups excluding tert-OH is 2. The molecule has 0 fully saturated rings. The van der Waals surface area contributed by atoms with Crippen LogP contribution in [0.25, 0.3) is 22.2 Å². The molecule has 0 bridgehead atoms. The molecule has 0 amide bonds. The highest BCUT2D eigenvalue weighted by Crippen LogP contribution is 2.28. The van der Waals surface area contributed by atoms with Gasteiger partial charge in [-0.1, -0.05) is 17.8 Å². The second-order valence-corrected chi connectivity index (χ2v) is 7.12. The van der Waals surface area contributed by atoms with Gasteiger partial charge in [0, 0.05) is 5.75 Å². The SMILES string of the molecule is Nc1ncnc2c1nc(SCc1ccc3nsnc3c1)n2CC(O)CO. The minimum Gasteiger partial charge on any atom is -0.394 e. The zero-order valence-corrected chi connectivity index (χ0v) is 15.1. The van der Waals surface area contributed by atoms with E-state index in [1.165, 1.54) is 29.8 Å². The number of aliphatic hydroxyl groups is 2. The molecule has 4 N–H and O–H groups in total. The Bertz CT molecular complexity index is 1060. The molecule has 0 saturated carbocycles. The fourth-order valence-corrected chi connectivity index (χ4v) is 4.01. The van der Waals surface area contributed by atoms with Crippen molar-refractivity contribution in [2.75, 3.05) is 12.3 Å². The third kappa shape index (κ3) is 3.21. The van der Waals surface area contributed by atoms with Gasteiger partial charge >= 0.3 is 0 Å². The van der Waals surface area contributed by atoms with Crippen LogP contribution in [0, 0.1) is 0 Å². The Balaban J connectivity index is 1.65. The first-order chi connectivity index (χ1) is 12.7. The fourth-order valence-electron chi connectivity index (χ4n) is 2.54. The predicted octanol–water partition coefficient (Wildman–Crippen LogP) is 1.06. The molecule has 0 radical (unpaired) electrons. The molecule has 0 aliphatic carbocycles. The van der Waals surface area contributed by atoms with Gasteiger partial charge in [0.05, 0.1) is 31.0 Å². The Hall–Kier alpha value is -2.34. The van der Waals surface area contributed by atoms with Crippen LogP contribution in [0.15, 0.2) is 29.7 Å². The van der Waals surface area contributed by atoms with Crippen molar-refractivity contribution >= 4 is 51.5 Å². The number of thioether (sulfide) groups is 1. The van der Waals surface area contributed by atoms with Crippen molar-refractivity contribution in [1.82, 2.24) is 28.3 Å². The van der Waals surface area contributed by atoms with Gasteiger partial charge in [-0.3, -0.25) is 0 Å². The van der Waals surface area contributed by atoms with Crippen molar-refractivity contribution in [3.8, 4) is 0 Å². The van der Waals surface area contributed by atoms with E-state index in [1.54, 1.807) is 4.57 Å². The van der Waals surface area contributed by atoms with Crippen LogP contribution in [0.4, 0.5) is 5.82 Å². The fraction of sp³-hybridized carbons (Fsp3) is 0.267. The van der Waals surface area contributed by atoms with Gasteiger partial charge in [0.1, 0.15) is 17.4 Å². The second kappa shape index (κ2) is 7.11. The van der Waals surface area contributed by atoms with E-state index >= 15 is 0 Å². The summed E-state index contributed by atoms with van der Waals surface area (Å²) < 4.78 is 10.2. The highest BCUT2D eigenvalue weighted by molar-refractivity contribution is 7.98. The summed E-state index contributed by atoms with van der Waals surface area (Å²) in [5.74, 6) is 0.934. The number of nitrogens with two attached hydrogens (primary N) is 1. The van der Waals surface area contributed by atoms with Crippen LogP contribution in [0.1, 0.15) is 5.56 Å². The minimum atomic E-state index is -0.916. The second-order valence-electron chi connectivity index (χ2n) is 5.65. The summed E-state index contributed by atoms with van der Waals surface area (Å²) in [6.45, 7) is -0.182. The highest BCUT2D eigenvalue weighted by atomic mass is 32.2. The van der Waals surface area contributed by atoms with Gasteiger partial charge in [-0.2, -0.15) is 8.75 Å². The van der Waals surface area contributed by atoms with E-state index in [1.807, 2.05) is 18.2 Å². The van der Waals surface area contributed by atoms with E-state index in [0.717, 1.165) is 16.6 Å². The largest absolute Gasteiger partial charge is 0.394 e. The van der Waals surface area contributed by atoms with Gasteiger partial charge in [0.25, 0.3) is 0 Å².